The minimum Gasteiger partial charge on any atom is -0.448 e. The van der Waals surface area contributed by atoms with E-state index in [0.717, 1.165) is 30.4 Å². The number of carbonyl (C=O) groups excluding carboxylic acids is 1. The molecule has 0 saturated carbocycles. The minimum absolute atomic E-state index is 0.00802. The van der Waals surface area contributed by atoms with Crippen LogP contribution in [0.15, 0.2) is 72.8 Å². The van der Waals surface area contributed by atoms with Gasteiger partial charge in [-0.2, -0.15) is 0 Å². The molecular formula is C30H31NO3. The lowest BCUT2D eigenvalue weighted by atomic mass is 9.72. The van der Waals surface area contributed by atoms with Gasteiger partial charge in [0.2, 0.25) is 0 Å². The summed E-state index contributed by atoms with van der Waals surface area (Å²) in [7, 11) is 0. The van der Waals surface area contributed by atoms with Crippen LogP contribution in [0, 0.1) is 6.92 Å². The summed E-state index contributed by atoms with van der Waals surface area (Å²) in [6, 6.07) is 25.0. The van der Waals surface area contributed by atoms with Gasteiger partial charge in [0, 0.05) is 30.8 Å². The average Bonchev–Trinajstić information content (AvgIpc) is 3.16. The van der Waals surface area contributed by atoms with Crippen LogP contribution >= 0.6 is 0 Å². The van der Waals surface area contributed by atoms with Crippen molar-refractivity contribution >= 4 is 6.09 Å². The lowest BCUT2D eigenvalue weighted by Crippen LogP contribution is -2.59. The van der Waals surface area contributed by atoms with E-state index in [0.29, 0.717) is 19.4 Å². The Labute approximate surface area is 201 Å². The maximum absolute atomic E-state index is 13.4. The molecule has 2 heterocycles. The molecule has 3 aromatic carbocycles. The lowest BCUT2D eigenvalue weighted by Gasteiger charge is -2.51. The molecule has 6 rings (SSSR count). The SMILES string of the molecule is Cc1cccc(C2(O)CC3CCCC(C2)N3C(=O)OCC2c3ccccc3-c3ccccc32)c1. The van der Waals surface area contributed by atoms with E-state index in [1.807, 2.05) is 17.0 Å². The molecule has 2 bridgehead atoms. The third-order valence-electron chi connectivity index (χ3n) is 8.11. The number of rotatable bonds is 3. The van der Waals surface area contributed by atoms with Crippen molar-refractivity contribution in [3.05, 3.63) is 95.1 Å². The second-order valence-electron chi connectivity index (χ2n) is 10.3. The van der Waals surface area contributed by atoms with Gasteiger partial charge in [-0.3, -0.25) is 0 Å². The molecule has 2 saturated heterocycles. The quantitative estimate of drug-likeness (QED) is 0.518. The van der Waals surface area contributed by atoms with Crippen LogP contribution in [0.4, 0.5) is 4.79 Å². The molecule has 0 radical (unpaired) electrons. The van der Waals surface area contributed by atoms with E-state index in [9.17, 15) is 9.90 Å². The van der Waals surface area contributed by atoms with E-state index in [2.05, 4.69) is 67.6 Å². The van der Waals surface area contributed by atoms with Gasteiger partial charge in [0.15, 0.2) is 0 Å². The Bertz CT molecular complexity index is 1180. The second kappa shape index (κ2) is 8.28. The summed E-state index contributed by atoms with van der Waals surface area (Å²) in [6.45, 7) is 2.39. The number of benzene rings is 3. The van der Waals surface area contributed by atoms with Gasteiger partial charge >= 0.3 is 6.09 Å². The molecule has 2 atom stereocenters. The van der Waals surface area contributed by atoms with Crippen LogP contribution in [-0.2, 0) is 10.3 Å². The van der Waals surface area contributed by atoms with Crippen LogP contribution in [0.3, 0.4) is 0 Å². The minimum atomic E-state index is -0.887. The Kier molecular flexibility index (Phi) is 5.22. The molecule has 1 amide bonds. The Morgan fingerprint density at radius 1 is 0.941 bits per heavy atom. The number of fused-ring (bicyclic) bond motifs is 5. The summed E-state index contributed by atoms with van der Waals surface area (Å²) < 4.78 is 6.01. The highest BCUT2D eigenvalue weighted by atomic mass is 16.6. The standard InChI is InChI=1S/C30H31NO3/c1-20-8-6-9-21(16-20)30(33)17-22-10-7-11-23(18-30)31(22)29(32)34-19-28-26-14-4-2-12-24(26)25-13-3-5-15-27(25)28/h2-6,8-9,12-16,22-23,28,33H,7,10-11,17-19H2,1H3. The van der Waals surface area contributed by atoms with Crippen LogP contribution in [0.2, 0.25) is 0 Å². The highest BCUT2D eigenvalue weighted by molar-refractivity contribution is 5.79. The number of hydrogen-bond acceptors (Lipinski definition) is 3. The normalized spacial score (nSPS) is 25.5. The zero-order valence-corrected chi connectivity index (χ0v) is 19.6. The molecule has 174 valence electrons. The number of ether oxygens (including phenoxy) is 1. The van der Waals surface area contributed by atoms with Gasteiger partial charge < -0.3 is 14.7 Å². The predicted octanol–water partition coefficient (Wildman–Crippen LogP) is 6.15. The predicted molar refractivity (Wildman–Crippen MR) is 133 cm³/mol. The summed E-state index contributed by atoms with van der Waals surface area (Å²) in [6.07, 6.45) is 3.81. The summed E-state index contributed by atoms with van der Waals surface area (Å²) in [4.78, 5) is 15.4. The van der Waals surface area contributed by atoms with Crippen LogP contribution in [0.5, 0.6) is 0 Å². The van der Waals surface area contributed by atoms with Gasteiger partial charge in [-0.15, -0.1) is 0 Å². The third-order valence-corrected chi connectivity index (χ3v) is 8.11. The highest BCUT2D eigenvalue weighted by Crippen LogP contribution is 2.46. The van der Waals surface area contributed by atoms with Crippen LogP contribution in [0.1, 0.15) is 60.3 Å². The summed E-state index contributed by atoms with van der Waals surface area (Å²) in [5, 5.41) is 11.6. The number of nitrogens with zero attached hydrogens (tertiary/aromatic N) is 1. The molecule has 1 aliphatic carbocycles. The molecule has 2 fully saturated rings. The first kappa shape index (κ1) is 21.4. The number of amides is 1. The van der Waals surface area contributed by atoms with Gasteiger partial charge in [-0.05, 0) is 54.0 Å². The van der Waals surface area contributed by atoms with Gasteiger partial charge in [0.1, 0.15) is 6.61 Å². The summed E-state index contributed by atoms with van der Waals surface area (Å²) in [5.41, 5.74) is 6.15. The van der Waals surface area contributed by atoms with E-state index in [1.54, 1.807) is 0 Å². The fraction of sp³-hybridized carbons (Fsp3) is 0.367. The van der Waals surface area contributed by atoms with E-state index < -0.39 is 5.60 Å². The lowest BCUT2D eigenvalue weighted by molar-refractivity contribution is -0.0891. The first-order valence-electron chi connectivity index (χ1n) is 12.5. The maximum atomic E-state index is 13.4. The monoisotopic (exact) mass is 453 g/mol. The number of hydrogen-bond donors (Lipinski definition) is 1. The Morgan fingerprint density at radius 2 is 1.56 bits per heavy atom. The number of aliphatic hydroxyl groups is 1. The van der Waals surface area contributed by atoms with Crippen molar-refractivity contribution in [2.24, 2.45) is 0 Å². The van der Waals surface area contributed by atoms with Gasteiger partial charge in [0.05, 0.1) is 5.60 Å². The molecule has 4 nitrogen and oxygen atoms in total. The van der Waals surface area contributed by atoms with Crippen molar-refractivity contribution in [1.29, 1.82) is 0 Å². The first-order valence-corrected chi connectivity index (χ1v) is 12.5. The molecule has 0 spiro atoms. The maximum Gasteiger partial charge on any atom is 0.410 e. The first-order chi connectivity index (χ1) is 16.5. The molecule has 34 heavy (non-hydrogen) atoms. The van der Waals surface area contributed by atoms with Crippen molar-refractivity contribution in [3.8, 4) is 11.1 Å². The largest absolute Gasteiger partial charge is 0.448 e. The van der Waals surface area contributed by atoms with Crippen LogP contribution in [0.25, 0.3) is 11.1 Å². The smallest absolute Gasteiger partial charge is 0.410 e. The van der Waals surface area contributed by atoms with E-state index >= 15 is 0 Å². The van der Waals surface area contributed by atoms with Crippen molar-refractivity contribution in [2.75, 3.05) is 6.61 Å². The summed E-state index contributed by atoms with van der Waals surface area (Å²) >= 11 is 0. The second-order valence-corrected chi connectivity index (χ2v) is 10.3. The van der Waals surface area contributed by atoms with Crippen molar-refractivity contribution in [2.45, 2.75) is 62.6 Å². The van der Waals surface area contributed by atoms with Crippen molar-refractivity contribution < 1.29 is 14.6 Å². The Hall–Kier alpha value is -3.11. The fourth-order valence-electron chi connectivity index (χ4n) is 6.57. The zero-order valence-electron chi connectivity index (χ0n) is 19.6. The van der Waals surface area contributed by atoms with Gasteiger partial charge in [0.25, 0.3) is 0 Å². The molecule has 2 unspecified atom stereocenters. The summed E-state index contributed by atoms with van der Waals surface area (Å²) in [5.74, 6) is 0.0604. The Balaban J connectivity index is 1.21. The number of piperidine rings is 2. The average molecular weight is 454 g/mol. The molecular weight excluding hydrogens is 422 g/mol. The molecule has 4 heteroatoms. The highest BCUT2D eigenvalue weighted by Gasteiger charge is 2.48. The fourth-order valence-corrected chi connectivity index (χ4v) is 6.57. The van der Waals surface area contributed by atoms with E-state index in [1.165, 1.54) is 22.3 Å². The van der Waals surface area contributed by atoms with Crippen LogP contribution in [-0.4, -0.2) is 34.8 Å². The Morgan fingerprint density at radius 3 is 2.18 bits per heavy atom. The number of carbonyl (C=O) groups is 1. The molecule has 0 aromatic heterocycles. The van der Waals surface area contributed by atoms with E-state index in [-0.39, 0.29) is 24.1 Å². The molecule has 1 N–H and O–H groups in total. The van der Waals surface area contributed by atoms with E-state index in [4.69, 9.17) is 4.74 Å². The molecule has 3 aromatic rings. The number of aryl methyl sites for hydroxylation is 1. The van der Waals surface area contributed by atoms with Gasteiger partial charge in [-0.25, -0.2) is 4.79 Å². The molecule has 3 aliphatic rings. The zero-order chi connectivity index (χ0) is 23.3. The van der Waals surface area contributed by atoms with Crippen molar-refractivity contribution in [1.82, 2.24) is 4.90 Å². The third kappa shape index (κ3) is 3.52. The van der Waals surface area contributed by atoms with Gasteiger partial charge in [-0.1, -0.05) is 78.4 Å². The van der Waals surface area contributed by atoms with Crippen LogP contribution < -0.4 is 0 Å². The van der Waals surface area contributed by atoms with Crippen molar-refractivity contribution in [3.63, 3.8) is 0 Å². The topological polar surface area (TPSA) is 49.8 Å². The molecule has 2 aliphatic heterocycles.